The van der Waals surface area contributed by atoms with Crippen molar-refractivity contribution in [2.45, 2.75) is 56.9 Å². The third kappa shape index (κ3) is 5.80. The summed E-state index contributed by atoms with van der Waals surface area (Å²) in [6.07, 6.45) is 3.86. The van der Waals surface area contributed by atoms with Gasteiger partial charge in [0.25, 0.3) is 5.91 Å². The van der Waals surface area contributed by atoms with Gasteiger partial charge in [-0.05, 0) is 68.5 Å². The Kier molecular flexibility index (Phi) is 8.19. The molecule has 9 nitrogen and oxygen atoms in total. The Morgan fingerprint density at radius 2 is 1.97 bits per heavy atom. The standard InChI is InChI=1S/C27H33N3O6S/c1-3-19-7-5-6-14-30(19)37(34,35)20-9-10-23-21(16-20)22(17-26(32)29-23)27(33)28-13-12-18-8-11-24(31)25(15-18)36-4-2/h8-11,15-17,19,31H,3-7,12-14H2,1-2H3,(H,28,33)(H,29,32). The first-order chi connectivity index (χ1) is 17.7. The summed E-state index contributed by atoms with van der Waals surface area (Å²) in [5.41, 5.74) is 0.914. The molecule has 4 rings (SSSR count). The van der Waals surface area contributed by atoms with Crippen LogP contribution in [0.1, 0.15) is 55.5 Å². The van der Waals surface area contributed by atoms with Gasteiger partial charge in [-0.2, -0.15) is 4.31 Å². The number of hydrogen-bond donors (Lipinski definition) is 3. The van der Waals surface area contributed by atoms with Gasteiger partial charge < -0.3 is 20.1 Å². The minimum atomic E-state index is -3.76. The summed E-state index contributed by atoms with van der Waals surface area (Å²) in [5, 5.41) is 13.1. The molecule has 198 valence electrons. The van der Waals surface area contributed by atoms with Gasteiger partial charge in [-0.3, -0.25) is 9.59 Å². The molecule has 37 heavy (non-hydrogen) atoms. The molecule has 0 aliphatic carbocycles. The van der Waals surface area contributed by atoms with Gasteiger partial charge >= 0.3 is 0 Å². The molecular weight excluding hydrogens is 494 g/mol. The van der Waals surface area contributed by atoms with Crippen molar-refractivity contribution in [1.29, 1.82) is 0 Å². The fourth-order valence-corrected chi connectivity index (χ4v) is 6.61. The minimum Gasteiger partial charge on any atom is -0.504 e. The van der Waals surface area contributed by atoms with E-state index in [0.717, 1.165) is 31.2 Å². The van der Waals surface area contributed by atoms with Crippen LogP contribution in [0.5, 0.6) is 11.5 Å². The molecule has 1 amide bonds. The molecule has 1 unspecified atom stereocenters. The topological polar surface area (TPSA) is 129 Å². The molecule has 1 aromatic heterocycles. The van der Waals surface area contributed by atoms with E-state index >= 15 is 0 Å². The molecule has 1 aliphatic heterocycles. The number of hydrogen-bond acceptors (Lipinski definition) is 6. The van der Waals surface area contributed by atoms with Crippen LogP contribution >= 0.6 is 0 Å². The summed E-state index contributed by atoms with van der Waals surface area (Å²) in [7, 11) is -3.76. The number of amides is 1. The molecule has 0 bridgehead atoms. The van der Waals surface area contributed by atoms with Crippen LogP contribution in [0.2, 0.25) is 0 Å². The second kappa shape index (κ2) is 11.4. The summed E-state index contributed by atoms with van der Waals surface area (Å²) < 4.78 is 34.0. The number of H-pyrrole nitrogens is 1. The van der Waals surface area contributed by atoms with E-state index in [1.807, 2.05) is 13.8 Å². The van der Waals surface area contributed by atoms with Crippen molar-refractivity contribution in [2.75, 3.05) is 19.7 Å². The lowest BCUT2D eigenvalue weighted by molar-refractivity contribution is 0.0955. The zero-order valence-electron chi connectivity index (χ0n) is 21.1. The summed E-state index contributed by atoms with van der Waals surface area (Å²) in [6.45, 7) is 4.97. The Hall–Kier alpha value is -3.37. The van der Waals surface area contributed by atoms with Crippen molar-refractivity contribution in [3.05, 3.63) is 63.9 Å². The van der Waals surface area contributed by atoms with Crippen molar-refractivity contribution in [2.24, 2.45) is 0 Å². The largest absolute Gasteiger partial charge is 0.504 e. The van der Waals surface area contributed by atoms with Crippen LogP contribution in [0.15, 0.2) is 52.2 Å². The monoisotopic (exact) mass is 527 g/mol. The van der Waals surface area contributed by atoms with E-state index in [1.54, 1.807) is 22.5 Å². The fraction of sp³-hybridized carbons (Fsp3) is 0.407. The van der Waals surface area contributed by atoms with E-state index in [-0.39, 0.29) is 28.8 Å². The number of nitrogens with zero attached hydrogens (tertiary/aromatic N) is 1. The lowest BCUT2D eigenvalue weighted by Crippen LogP contribution is -2.43. The maximum absolute atomic E-state index is 13.5. The Labute approximate surface area is 216 Å². The van der Waals surface area contributed by atoms with Gasteiger partial charge in [0.1, 0.15) is 0 Å². The number of rotatable bonds is 9. The zero-order valence-corrected chi connectivity index (χ0v) is 21.9. The highest BCUT2D eigenvalue weighted by molar-refractivity contribution is 7.89. The number of sulfonamides is 1. The average Bonchev–Trinajstić information content (AvgIpc) is 2.89. The van der Waals surface area contributed by atoms with Gasteiger partial charge in [0.05, 0.1) is 17.1 Å². The van der Waals surface area contributed by atoms with Crippen LogP contribution in [-0.4, -0.2) is 54.5 Å². The Bertz CT molecular complexity index is 1450. The maximum atomic E-state index is 13.5. The van der Waals surface area contributed by atoms with Crippen LogP contribution in [0.25, 0.3) is 10.9 Å². The molecular formula is C27H33N3O6S. The summed E-state index contributed by atoms with van der Waals surface area (Å²) >= 11 is 0. The SMILES string of the molecule is CCOc1cc(CCNC(=O)c2cc(=O)[nH]c3ccc(S(=O)(=O)N4CCCCC4CC)cc23)ccc1O. The van der Waals surface area contributed by atoms with Gasteiger partial charge in [0, 0.05) is 36.1 Å². The molecule has 2 aromatic carbocycles. The number of phenolic OH excluding ortho intramolecular Hbond substituents is 1. The lowest BCUT2D eigenvalue weighted by Gasteiger charge is -2.34. The molecule has 0 radical (unpaired) electrons. The number of aromatic hydroxyl groups is 1. The van der Waals surface area contributed by atoms with Crippen LogP contribution in [0.3, 0.4) is 0 Å². The van der Waals surface area contributed by atoms with Crippen molar-refractivity contribution in [3.63, 3.8) is 0 Å². The van der Waals surface area contributed by atoms with Gasteiger partial charge in [0.2, 0.25) is 15.6 Å². The highest BCUT2D eigenvalue weighted by Gasteiger charge is 2.32. The number of nitrogens with one attached hydrogen (secondary N) is 2. The number of carbonyl (C=O) groups is 1. The molecule has 10 heteroatoms. The fourth-order valence-electron chi connectivity index (χ4n) is 4.82. The first kappa shape index (κ1) is 26.7. The third-order valence-corrected chi connectivity index (χ3v) is 8.68. The van der Waals surface area contributed by atoms with E-state index in [9.17, 15) is 23.1 Å². The summed E-state index contributed by atoms with van der Waals surface area (Å²) in [4.78, 5) is 28.1. The number of carbonyl (C=O) groups excluding carboxylic acids is 1. The van der Waals surface area contributed by atoms with Gasteiger partial charge in [-0.15, -0.1) is 0 Å². The molecule has 0 saturated carbocycles. The lowest BCUT2D eigenvalue weighted by atomic mass is 10.0. The molecule has 1 saturated heterocycles. The van der Waals surface area contributed by atoms with Gasteiger partial charge in [0.15, 0.2) is 11.5 Å². The van der Waals surface area contributed by atoms with Crippen LogP contribution in [0, 0.1) is 0 Å². The number of fused-ring (bicyclic) bond motifs is 1. The average molecular weight is 528 g/mol. The minimum absolute atomic E-state index is 0.0454. The Morgan fingerprint density at radius 3 is 2.73 bits per heavy atom. The summed E-state index contributed by atoms with van der Waals surface area (Å²) in [6, 6.07) is 10.6. The highest BCUT2D eigenvalue weighted by Crippen LogP contribution is 2.29. The number of phenols is 1. The van der Waals surface area contributed by atoms with Crippen LogP contribution < -0.4 is 15.6 Å². The molecule has 0 spiro atoms. The van der Waals surface area contributed by atoms with E-state index in [2.05, 4.69) is 10.3 Å². The quantitative estimate of drug-likeness (QED) is 0.390. The smallest absolute Gasteiger partial charge is 0.252 e. The number of benzene rings is 2. The Morgan fingerprint density at radius 1 is 1.16 bits per heavy atom. The molecule has 3 aromatic rings. The second-order valence-electron chi connectivity index (χ2n) is 9.17. The van der Waals surface area contributed by atoms with Crippen LogP contribution in [-0.2, 0) is 16.4 Å². The number of pyridine rings is 1. The molecule has 1 atom stereocenters. The van der Waals surface area contributed by atoms with Crippen molar-refractivity contribution in [3.8, 4) is 11.5 Å². The van der Waals surface area contributed by atoms with E-state index in [0.29, 0.717) is 36.2 Å². The predicted molar refractivity (Wildman–Crippen MR) is 142 cm³/mol. The first-order valence-corrected chi connectivity index (χ1v) is 14.1. The zero-order chi connectivity index (χ0) is 26.6. The van der Waals surface area contributed by atoms with Crippen molar-refractivity contribution in [1.82, 2.24) is 14.6 Å². The van der Waals surface area contributed by atoms with Crippen LogP contribution in [0.4, 0.5) is 0 Å². The second-order valence-corrected chi connectivity index (χ2v) is 11.1. The predicted octanol–water partition coefficient (Wildman–Crippen LogP) is 3.56. The number of ether oxygens (including phenoxy) is 1. The highest BCUT2D eigenvalue weighted by atomic mass is 32.2. The normalized spacial score (nSPS) is 16.5. The maximum Gasteiger partial charge on any atom is 0.252 e. The molecule has 3 N–H and O–H groups in total. The summed E-state index contributed by atoms with van der Waals surface area (Å²) in [5.74, 6) is -0.0521. The molecule has 1 aliphatic rings. The number of piperidine rings is 1. The molecule has 1 fully saturated rings. The number of aromatic amines is 1. The number of aromatic nitrogens is 1. The third-order valence-electron chi connectivity index (χ3n) is 6.73. The van der Waals surface area contributed by atoms with Crippen molar-refractivity contribution < 1.29 is 23.1 Å². The van der Waals surface area contributed by atoms with Crippen molar-refractivity contribution >= 4 is 26.8 Å². The Balaban J connectivity index is 1.58. The first-order valence-electron chi connectivity index (χ1n) is 12.7. The van der Waals surface area contributed by atoms with Gasteiger partial charge in [-0.25, -0.2) is 8.42 Å². The van der Waals surface area contributed by atoms with E-state index < -0.39 is 21.5 Å². The van der Waals surface area contributed by atoms with E-state index in [4.69, 9.17) is 4.74 Å². The van der Waals surface area contributed by atoms with E-state index in [1.165, 1.54) is 24.3 Å². The molecule has 2 heterocycles. The van der Waals surface area contributed by atoms with Gasteiger partial charge in [-0.1, -0.05) is 19.4 Å².